The van der Waals surface area contributed by atoms with Gasteiger partial charge in [0.15, 0.2) is 0 Å². The standard InChI is InChI=1S/C78H149NO5/c1-3-5-7-9-11-13-15-17-19-21-23-24-28-31-35-38-42-46-50-54-58-62-66-70-76(81)75(74-80)79-77(82)71-67-63-59-55-51-47-43-39-36-32-29-26-25-27-30-33-37-41-45-49-53-57-61-65-69-73-84-78(83)72-68-64-60-56-52-48-44-40-34-22-20-18-16-14-12-10-8-6-4-2/h12,14,18,20,26,29,75-76,80-81H,3-11,13,15-17,19,21-25,27-28,30-74H2,1-2H3,(H,79,82)/b14-12-,20-18-,29-26-. The van der Waals surface area contributed by atoms with Crippen molar-refractivity contribution in [2.24, 2.45) is 0 Å². The van der Waals surface area contributed by atoms with Gasteiger partial charge < -0.3 is 20.3 Å². The van der Waals surface area contributed by atoms with Crippen LogP contribution in [0.2, 0.25) is 0 Å². The van der Waals surface area contributed by atoms with Gasteiger partial charge in [-0.15, -0.1) is 0 Å². The number of aliphatic hydroxyl groups is 2. The van der Waals surface area contributed by atoms with Crippen LogP contribution >= 0.6 is 0 Å². The molecule has 0 rings (SSSR count). The largest absolute Gasteiger partial charge is 0.466 e. The van der Waals surface area contributed by atoms with Crippen LogP contribution in [0.1, 0.15) is 425 Å². The molecular formula is C78H149NO5. The maximum Gasteiger partial charge on any atom is 0.305 e. The van der Waals surface area contributed by atoms with Gasteiger partial charge in [-0.05, 0) is 83.5 Å². The molecule has 2 unspecified atom stereocenters. The van der Waals surface area contributed by atoms with Gasteiger partial charge in [-0.25, -0.2) is 0 Å². The number of aliphatic hydroxyl groups excluding tert-OH is 2. The van der Waals surface area contributed by atoms with Crippen LogP contribution in [0.3, 0.4) is 0 Å². The van der Waals surface area contributed by atoms with Gasteiger partial charge in [0.05, 0.1) is 25.4 Å². The quantitative estimate of drug-likeness (QED) is 0.0320. The lowest BCUT2D eigenvalue weighted by molar-refractivity contribution is -0.143. The summed E-state index contributed by atoms with van der Waals surface area (Å²) in [6.45, 7) is 4.97. The Balaban J connectivity index is 3.39. The SMILES string of the molecule is CCCCC/C=C\C/C=C\CCCCCCCCCCCC(=O)OCCCCCCCCCCCCCC/C=C\CCCCCCCCCCCC(=O)NC(CO)C(O)CCCCCCCCCCCCCCCCCCCCCCCCC. The Morgan fingerprint density at radius 1 is 0.333 bits per heavy atom. The minimum atomic E-state index is -0.668. The second-order valence-electron chi connectivity index (χ2n) is 26.3. The van der Waals surface area contributed by atoms with Crippen molar-refractivity contribution in [1.29, 1.82) is 0 Å². The number of carbonyl (C=O) groups is 2. The number of rotatable bonds is 72. The second-order valence-corrected chi connectivity index (χ2v) is 26.3. The molecule has 3 N–H and O–H groups in total. The zero-order chi connectivity index (χ0) is 60.6. The Labute approximate surface area is 525 Å². The van der Waals surface area contributed by atoms with Crippen molar-refractivity contribution in [3.63, 3.8) is 0 Å². The van der Waals surface area contributed by atoms with Gasteiger partial charge in [0.25, 0.3) is 0 Å². The maximum absolute atomic E-state index is 12.6. The van der Waals surface area contributed by atoms with Gasteiger partial charge in [-0.3, -0.25) is 9.59 Å². The summed E-state index contributed by atoms with van der Waals surface area (Å²) >= 11 is 0. The van der Waals surface area contributed by atoms with Crippen LogP contribution in [-0.2, 0) is 14.3 Å². The molecule has 0 aromatic heterocycles. The minimum absolute atomic E-state index is 0.0106. The van der Waals surface area contributed by atoms with Gasteiger partial charge in [0, 0.05) is 12.8 Å². The predicted octanol–water partition coefficient (Wildman–Crippen LogP) is 25.0. The van der Waals surface area contributed by atoms with Gasteiger partial charge in [-0.1, -0.05) is 365 Å². The van der Waals surface area contributed by atoms with E-state index < -0.39 is 12.1 Å². The lowest BCUT2D eigenvalue weighted by atomic mass is 10.0. The summed E-state index contributed by atoms with van der Waals surface area (Å²) < 4.78 is 5.51. The Hall–Kier alpha value is -1.92. The van der Waals surface area contributed by atoms with E-state index in [2.05, 4.69) is 55.6 Å². The van der Waals surface area contributed by atoms with E-state index >= 15 is 0 Å². The van der Waals surface area contributed by atoms with Crippen LogP contribution in [0, 0.1) is 0 Å². The summed E-state index contributed by atoms with van der Waals surface area (Å²) in [5.41, 5.74) is 0. The fourth-order valence-corrected chi connectivity index (χ4v) is 12.1. The molecule has 2 atom stereocenters. The molecule has 6 nitrogen and oxygen atoms in total. The number of allylic oxidation sites excluding steroid dienone is 6. The fraction of sp³-hybridized carbons (Fsp3) is 0.897. The van der Waals surface area contributed by atoms with Crippen molar-refractivity contribution < 1.29 is 24.5 Å². The lowest BCUT2D eigenvalue weighted by Gasteiger charge is -2.22. The van der Waals surface area contributed by atoms with Gasteiger partial charge in [-0.2, -0.15) is 0 Å². The number of hydrogen-bond donors (Lipinski definition) is 3. The first-order valence-corrected chi connectivity index (χ1v) is 38.2. The number of carbonyl (C=O) groups excluding carboxylic acids is 2. The van der Waals surface area contributed by atoms with E-state index in [0.717, 1.165) is 51.4 Å². The molecular weight excluding hydrogens is 1030 g/mol. The Morgan fingerprint density at radius 2 is 0.595 bits per heavy atom. The molecule has 0 spiro atoms. The van der Waals surface area contributed by atoms with Crippen molar-refractivity contribution in [2.75, 3.05) is 13.2 Å². The number of hydrogen-bond acceptors (Lipinski definition) is 5. The van der Waals surface area contributed by atoms with E-state index in [1.54, 1.807) is 0 Å². The molecule has 496 valence electrons. The van der Waals surface area contributed by atoms with E-state index in [1.807, 2.05) is 0 Å². The average Bonchev–Trinajstić information content (AvgIpc) is 3.51. The first kappa shape index (κ1) is 82.1. The van der Waals surface area contributed by atoms with Crippen LogP contribution in [0.4, 0.5) is 0 Å². The molecule has 0 aromatic carbocycles. The van der Waals surface area contributed by atoms with Crippen LogP contribution in [-0.4, -0.2) is 47.4 Å². The number of unbranched alkanes of at least 4 members (excludes halogenated alkanes) is 55. The summed E-state index contributed by atoms with van der Waals surface area (Å²) in [4.78, 5) is 24.7. The summed E-state index contributed by atoms with van der Waals surface area (Å²) in [5.74, 6) is -0.0227. The van der Waals surface area contributed by atoms with E-state index in [9.17, 15) is 19.8 Å². The number of ether oxygens (including phenoxy) is 1. The Kier molecular flexibility index (Phi) is 71.9. The average molecular weight is 1180 g/mol. The summed E-state index contributed by atoms with van der Waals surface area (Å²) in [5, 5.41) is 23.5. The molecule has 0 aromatic rings. The van der Waals surface area contributed by atoms with E-state index in [4.69, 9.17) is 4.74 Å². The highest BCUT2D eigenvalue weighted by Crippen LogP contribution is 2.19. The molecule has 84 heavy (non-hydrogen) atoms. The molecule has 0 heterocycles. The Morgan fingerprint density at radius 3 is 0.940 bits per heavy atom. The van der Waals surface area contributed by atoms with Crippen molar-refractivity contribution in [3.05, 3.63) is 36.5 Å². The van der Waals surface area contributed by atoms with Crippen molar-refractivity contribution >= 4 is 11.9 Å². The smallest absolute Gasteiger partial charge is 0.305 e. The lowest BCUT2D eigenvalue weighted by Crippen LogP contribution is -2.45. The first-order valence-electron chi connectivity index (χ1n) is 38.2. The number of nitrogens with one attached hydrogen (secondary N) is 1. The van der Waals surface area contributed by atoms with Gasteiger partial charge in [0.1, 0.15) is 0 Å². The van der Waals surface area contributed by atoms with Crippen molar-refractivity contribution in [3.8, 4) is 0 Å². The van der Waals surface area contributed by atoms with Crippen molar-refractivity contribution in [1.82, 2.24) is 5.32 Å². The third kappa shape index (κ3) is 69.2. The summed E-state index contributed by atoms with van der Waals surface area (Å²) in [6, 6.07) is -0.546. The summed E-state index contributed by atoms with van der Waals surface area (Å²) in [6.07, 6.45) is 94.9. The first-order chi connectivity index (χ1) is 41.5. The summed E-state index contributed by atoms with van der Waals surface area (Å²) in [7, 11) is 0. The Bertz CT molecular complexity index is 1360. The van der Waals surface area contributed by atoms with Crippen LogP contribution < -0.4 is 5.32 Å². The zero-order valence-electron chi connectivity index (χ0n) is 56.9. The van der Waals surface area contributed by atoms with E-state index in [0.29, 0.717) is 25.9 Å². The van der Waals surface area contributed by atoms with Crippen LogP contribution in [0.5, 0.6) is 0 Å². The van der Waals surface area contributed by atoms with Crippen LogP contribution in [0.25, 0.3) is 0 Å². The maximum atomic E-state index is 12.6. The number of amides is 1. The van der Waals surface area contributed by atoms with Gasteiger partial charge in [0.2, 0.25) is 5.91 Å². The van der Waals surface area contributed by atoms with E-state index in [1.165, 1.54) is 340 Å². The second kappa shape index (κ2) is 73.5. The number of esters is 1. The molecule has 0 aliphatic carbocycles. The molecule has 0 bridgehead atoms. The fourth-order valence-electron chi connectivity index (χ4n) is 12.1. The normalized spacial score (nSPS) is 12.7. The molecule has 0 fully saturated rings. The monoisotopic (exact) mass is 1180 g/mol. The predicted molar refractivity (Wildman–Crippen MR) is 370 cm³/mol. The van der Waals surface area contributed by atoms with Crippen LogP contribution in [0.15, 0.2) is 36.5 Å². The molecule has 1 amide bonds. The third-order valence-electron chi connectivity index (χ3n) is 17.9. The third-order valence-corrected chi connectivity index (χ3v) is 17.9. The highest BCUT2D eigenvalue weighted by Gasteiger charge is 2.20. The molecule has 0 aliphatic heterocycles. The zero-order valence-corrected chi connectivity index (χ0v) is 56.9. The van der Waals surface area contributed by atoms with E-state index in [-0.39, 0.29) is 18.5 Å². The highest BCUT2D eigenvalue weighted by atomic mass is 16.5. The minimum Gasteiger partial charge on any atom is -0.466 e. The highest BCUT2D eigenvalue weighted by molar-refractivity contribution is 5.76. The molecule has 0 radical (unpaired) electrons. The molecule has 0 aliphatic rings. The molecule has 0 saturated heterocycles. The molecule has 6 heteroatoms. The topological polar surface area (TPSA) is 95.9 Å². The van der Waals surface area contributed by atoms with Crippen molar-refractivity contribution in [2.45, 2.75) is 437 Å². The molecule has 0 saturated carbocycles. The van der Waals surface area contributed by atoms with Gasteiger partial charge >= 0.3 is 5.97 Å².